The standard InChI is InChI=1S/C66H121N2O7P/c1-7-10-13-16-19-22-25-27-29-31-32-33-34-35-36-37-39-41-44-47-50-53-56-59-66(70)75-64(57-54-51-48-45-42-24-21-18-15-12-9-3)63(62-74-76(71,72)73-61-60-68(4,5)6)67-65(69)58-55-52-49-46-43-40-38-30-28-26-23-20-17-14-11-8-2/h11,14,20,23,27-30,40,43,54,57,63-64H,7-10,12-13,15-19,21-22,24-26,31-39,41-42,44-53,55-56,58-62H2,1-6H3,(H-,67,69,71,72)/p+1/b14-11+,23-20+,29-27+,30-28+,43-40+,57-54-. The van der Waals surface area contributed by atoms with Gasteiger partial charge in [0.1, 0.15) is 19.3 Å². The smallest absolute Gasteiger partial charge is 0.456 e. The number of carbonyl (C=O) groups excluding carboxylic acids is 2. The number of phosphoric acid groups is 1. The molecule has 0 aliphatic rings. The number of hydrogen-bond donors (Lipinski definition) is 2. The molecule has 3 atom stereocenters. The van der Waals surface area contributed by atoms with Gasteiger partial charge in [0.25, 0.3) is 0 Å². The lowest BCUT2D eigenvalue weighted by Crippen LogP contribution is -2.47. The van der Waals surface area contributed by atoms with Gasteiger partial charge in [0.2, 0.25) is 5.91 Å². The van der Waals surface area contributed by atoms with Gasteiger partial charge in [-0.3, -0.25) is 18.6 Å². The van der Waals surface area contributed by atoms with Crippen molar-refractivity contribution in [2.75, 3.05) is 40.9 Å². The van der Waals surface area contributed by atoms with E-state index in [2.05, 4.69) is 86.8 Å². The molecule has 0 aromatic carbocycles. The van der Waals surface area contributed by atoms with Crippen LogP contribution in [0.2, 0.25) is 0 Å². The monoisotopic (exact) mass is 1090 g/mol. The van der Waals surface area contributed by atoms with E-state index in [-0.39, 0.29) is 31.5 Å². The highest BCUT2D eigenvalue weighted by Gasteiger charge is 2.30. The van der Waals surface area contributed by atoms with Gasteiger partial charge in [-0.1, -0.05) is 248 Å². The minimum Gasteiger partial charge on any atom is -0.456 e. The first-order chi connectivity index (χ1) is 36.9. The number of phosphoric ester groups is 1. The SMILES string of the molecule is CC/C=C/C/C=C/C/C=C/C/C=C/CCCCCC(=O)NC(COP(=O)(O)OCC[N+](C)(C)C)C(/C=C\CCCCCCCCCCC)OC(=O)CCCCCCCCCCCCCCC/C=C/CCCCCCCC. The summed E-state index contributed by atoms with van der Waals surface area (Å²) in [6.45, 7) is 6.88. The summed E-state index contributed by atoms with van der Waals surface area (Å²) < 4.78 is 30.7. The average molecular weight is 1090 g/mol. The third-order valence-electron chi connectivity index (χ3n) is 13.9. The molecular formula is C66H122N2O7P+. The van der Waals surface area contributed by atoms with Crippen molar-refractivity contribution in [1.29, 1.82) is 0 Å². The predicted molar refractivity (Wildman–Crippen MR) is 328 cm³/mol. The predicted octanol–water partition coefficient (Wildman–Crippen LogP) is 19.6. The maximum atomic E-state index is 13.5. The Kier molecular flexibility index (Phi) is 53.9. The summed E-state index contributed by atoms with van der Waals surface area (Å²) in [5, 5.41) is 3.04. The molecule has 10 heteroatoms. The van der Waals surface area contributed by atoms with Crippen LogP contribution in [-0.4, -0.2) is 74.3 Å². The van der Waals surface area contributed by atoms with E-state index < -0.39 is 20.0 Å². The van der Waals surface area contributed by atoms with Gasteiger partial charge in [-0.15, -0.1) is 0 Å². The fourth-order valence-electron chi connectivity index (χ4n) is 8.99. The van der Waals surface area contributed by atoms with Crippen molar-refractivity contribution in [3.8, 4) is 0 Å². The van der Waals surface area contributed by atoms with Gasteiger partial charge in [0.15, 0.2) is 0 Å². The molecular weight excluding hydrogens is 964 g/mol. The topological polar surface area (TPSA) is 111 Å². The fraction of sp³-hybridized carbons (Fsp3) is 0.788. The second-order valence-corrected chi connectivity index (χ2v) is 24.0. The number of rotatable bonds is 57. The maximum absolute atomic E-state index is 13.5. The van der Waals surface area contributed by atoms with Crippen molar-refractivity contribution in [2.45, 2.75) is 296 Å². The highest BCUT2D eigenvalue weighted by atomic mass is 31.2. The molecule has 0 fully saturated rings. The van der Waals surface area contributed by atoms with E-state index in [1.54, 1.807) is 0 Å². The zero-order valence-corrected chi connectivity index (χ0v) is 51.4. The highest BCUT2D eigenvalue weighted by Crippen LogP contribution is 2.43. The molecule has 0 radical (unpaired) electrons. The molecule has 0 rings (SSSR count). The highest BCUT2D eigenvalue weighted by molar-refractivity contribution is 7.47. The van der Waals surface area contributed by atoms with Crippen LogP contribution in [0.25, 0.3) is 0 Å². The Bertz CT molecular complexity index is 1530. The van der Waals surface area contributed by atoms with Crippen molar-refractivity contribution >= 4 is 19.7 Å². The number of nitrogens with zero attached hydrogens (tertiary/aromatic N) is 1. The molecule has 2 N–H and O–H groups in total. The van der Waals surface area contributed by atoms with Gasteiger partial charge in [-0.2, -0.15) is 0 Å². The Hall–Kier alpha value is -2.55. The number of nitrogens with one attached hydrogen (secondary N) is 1. The van der Waals surface area contributed by atoms with Crippen LogP contribution < -0.4 is 5.32 Å². The third-order valence-corrected chi connectivity index (χ3v) is 14.9. The van der Waals surface area contributed by atoms with E-state index in [0.29, 0.717) is 23.9 Å². The number of allylic oxidation sites excluding steroid dienone is 11. The normalized spacial score (nSPS) is 14.1. The number of unbranched alkanes of at least 4 members (excludes halogenated alkanes) is 31. The quantitative estimate of drug-likeness (QED) is 0.0205. The van der Waals surface area contributed by atoms with E-state index in [9.17, 15) is 19.0 Å². The molecule has 0 aromatic rings. The van der Waals surface area contributed by atoms with Crippen molar-refractivity contribution in [3.05, 3.63) is 72.9 Å². The van der Waals surface area contributed by atoms with Crippen LogP contribution in [0.1, 0.15) is 284 Å². The van der Waals surface area contributed by atoms with E-state index in [1.165, 1.54) is 161 Å². The van der Waals surface area contributed by atoms with Gasteiger partial charge < -0.3 is 19.4 Å². The summed E-state index contributed by atoms with van der Waals surface area (Å²) >= 11 is 0. The Morgan fingerprint density at radius 3 is 1.29 bits per heavy atom. The van der Waals surface area contributed by atoms with Crippen LogP contribution in [0.3, 0.4) is 0 Å². The molecule has 1 amide bonds. The van der Waals surface area contributed by atoms with Crippen LogP contribution in [0, 0.1) is 0 Å². The number of likely N-dealkylation sites (N-methyl/N-ethyl adjacent to an activating group) is 1. The Labute approximate surface area is 470 Å². The van der Waals surface area contributed by atoms with Gasteiger partial charge in [0, 0.05) is 12.8 Å². The van der Waals surface area contributed by atoms with Crippen molar-refractivity contribution < 1.29 is 37.3 Å². The maximum Gasteiger partial charge on any atom is 0.472 e. The van der Waals surface area contributed by atoms with Crippen LogP contribution in [0.4, 0.5) is 0 Å². The molecule has 0 saturated carbocycles. The molecule has 0 saturated heterocycles. The van der Waals surface area contributed by atoms with Crippen LogP contribution in [0.5, 0.6) is 0 Å². The molecule has 9 nitrogen and oxygen atoms in total. The lowest BCUT2D eigenvalue weighted by Gasteiger charge is -2.27. The fourth-order valence-corrected chi connectivity index (χ4v) is 9.72. The lowest BCUT2D eigenvalue weighted by atomic mass is 10.0. The average Bonchev–Trinajstić information content (AvgIpc) is 3.38. The first kappa shape index (κ1) is 73.5. The number of hydrogen-bond acceptors (Lipinski definition) is 6. The van der Waals surface area contributed by atoms with Crippen LogP contribution in [0.15, 0.2) is 72.9 Å². The van der Waals surface area contributed by atoms with Crippen LogP contribution in [-0.2, 0) is 27.9 Å². The van der Waals surface area contributed by atoms with Crippen molar-refractivity contribution in [3.63, 3.8) is 0 Å². The summed E-state index contributed by atoms with van der Waals surface area (Å²) in [6.07, 6.45) is 72.0. The Morgan fingerprint density at radius 1 is 0.474 bits per heavy atom. The van der Waals surface area contributed by atoms with E-state index in [4.69, 9.17) is 13.8 Å². The Morgan fingerprint density at radius 2 is 0.842 bits per heavy atom. The number of carbonyl (C=O) groups is 2. The first-order valence-corrected chi connectivity index (χ1v) is 33.3. The molecule has 0 aromatic heterocycles. The van der Waals surface area contributed by atoms with Crippen molar-refractivity contribution in [1.82, 2.24) is 5.32 Å². The minimum absolute atomic E-state index is 0.0320. The summed E-state index contributed by atoms with van der Waals surface area (Å²) in [7, 11) is 1.47. The van der Waals surface area contributed by atoms with Gasteiger partial charge in [-0.05, 0) is 96.0 Å². The van der Waals surface area contributed by atoms with E-state index in [1.807, 2.05) is 33.3 Å². The van der Waals surface area contributed by atoms with Gasteiger partial charge in [-0.25, -0.2) is 4.57 Å². The minimum atomic E-state index is -4.46. The summed E-state index contributed by atoms with van der Waals surface area (Å²) in [5.41, 5.74) is 0. The van der Waals surface area contributed by atoms with Crippen molar-refractivity contribution in [2.24, 2.45) is 0 Å². The van der Waals surface area contributed by atoms with E-state index >= 15 is 0 Å². The largest absolute Gasteiger partial charge is 0.472 e. The second-order valence-electron chi connectivity index (χ2n) is 22.5. The number of esters is 1. The number of amides is 1. The second kappa shape index (κ2) is 55.8. The molecule has 3 unspecified atom stereocenters. The third kappa shape index (κ3) is 56.2. The zero-order chi connectivity index (χ0) is 55.7. The summed E-state index contributed by atoms with van der Waals surface area (Å²) in [4.78, 5) is 37.7. The summed E-state index contributed by atoms with van der Waals surface area (Å²) in [5.74, 6) is -0.538. The molecule has 0 spiro atoms. The summed E-state index contributed by atoms with van der Waals surface area (Å²) in [6, 6.07) is -0.866. The Balaban J connectivity index is 5.16. The zero-order valence-electron chi connectivity index (χ0n) is 50.5. The molecule has 442 valence electrons. The van der Waals surface area contributed by atoms with Gasteiger partial charge >= 0.3 is 13.8 Å². The molecule has 76 heavy (non-hydrogen) atoms. The molecule has 0 heterocycles. The molecule has 0 bridgehead atoms. The molecule has 0 aliphatic carbocycles. The van der Waals surface area contributed by atoms with Crippen LogP contribution >= 0.6 is 7.82 Å². The van der Waals surface area contributed by atoms with Gasteiger partial charge in [0.05, 0.1) is 33.8 Å². The van der Waals surface area contributed by atoms with E-state index in [0.717, 1.165) is 83.5 Å². The first-order valence-electron chi connectivity index (χ1n) is 31.8. The lowest BCUT2D eigenvalue weighted by molar-refractivity contribution is -0.870. The number of ether oxygens (including phenoxy) is 1. The molecule has 0 aliphatic heterocycles. The number of quaternary nitrogens is 1.